The first kappa shape index (κ1) is 13.4. The Morgan fingerprint density at radius 3 is 2.83 bits per heavy atom. The Hall–Kier alpha value is -1.07. The zero-order chi connectivity index (χ0) is 13.5. The molecule has 6 heteroatoms. The van der Waals surface area contributed by atoms with Gasteiger partial charge in [-0.25, -0.2) is 0 Å². The molecule has 1 aromatic heterocycles. The van der Waals surface area contributed by atoms with Crippen molar-refractivity contribution in [3.05, 3.63) is 16.9 Å². The second kappa shape index (κ2) is 4.55. The second-order valence-corrected chi connectivity index (χ2v) is 5.67. The maximum Gasteiger partial charge on any atom is 0.275 e. The van der Waals surface area contributed by atoms with Crippen molar-refractivity contribution in [2.24, 2.45) is 13.0 Å². The summed E-state index contributed by atoms with van der Waals surface area (Å²) in [5.74, 6) is -0.124. The van der Waals surface area contributed by atoms with Crippen LogP contribution in [0.2, 0.25) is 5.02 Å². The molecule has 18 heavy (non-hydrogen) atoms. The van der Waals surface area contributed by atoms with Crippen LogP contribution in [0, 0.1) is 5.92 Å². The van der Waals surface area contributed by atoms with Crippen LogP contribution in [0.4, 0.5) is 0 Å². The van der Waals surface area contributed by atoms with Crippen molar-refractivity contribution in [1.82, 2.24) is 14.7 Å². The van der Waals surface area contributed by atoms with Crippen molar-refractivity contribution in [1.29, 1.82) is 0 Å². The lowest BCUT2D eigenvalue weighted by molar-refractivity contribution is -0.0440. The highest BCUT2D eigenvalue weighted by Gasteiger charge is 2.37. The summed E-state index contributed by atoms with van der Waals surface area (Å²) < 4.78 is 1.53. The SMILES string of the molecule is C[C@H]1CN(C(=O)c2nn(C)cc2Cl)CC[C@@]1(C)O. The Morgan fingerprint density at radius 1 is 1.67 bits per heavy atom. The molecule has 5 nitrogen and oxygen atoms in total. The Kier molecular flexibility index (Phi) is 3.38. The maximum atomic E-state index is 12.3. The monoisotopic (exact) mass is 271 g/mol. The normalized spacial score (nSPS) is 28.5. The third-order valence-corrected chi connectivity index (χ3v) is 3.99. The van der Waals surface area contributed by atoms with Gasteiger partial charge >= 0.3 is 0 Å². The Balaban J connectivity index is 2.14. The lowest BCUT2D eigenvalue weighted by Crippen LogP contribution is -2.51. The van der Waals surface area contributed by atoms with Crippen molar-refractivity contribution < 1.29 is 9.90 Å². The summed E-state index contributed by atoms with van der Waals surface area (Å²) >= 11 is 5.97. The molecule has 0 unspecified atom stereocenters. The van der Waals surface area contributed by atoms with Crippen LogP contribution < -0.4 is 0 Å². The molecule has 0 aliphatic carbocycles. The summed E-state index contributed by atoms with van der Waals surface area (Å²) in [6.07, 6.45) is 2.18. The van der Waals surface area contributed by atoms with E-state index in [0.717, 1.165) is 0 Å². The van der Waals surface area contributed by atoms with E-state index in [9.17, 15) is 9.90 Å². The molecule has 1 N–H and O–H groups in total. The molecule has 2 heterocycles. The molecule has 0 bridgehead atoms. The highest BCUT2D eigenvalue weighted by molar-refractivity contribution is 6.33. The van der Waals surface area contributed by atoms with E-state index in [4.69, 9.17) is 11.6 Å². The minimum atomic E-state index is -0.704. The molecular weight excluding hydrogens is 254 g/mol. The number of piperidine rings is 1. The first-order valence-corrected chi connectivity index (χ1v) is 6.40. The third kappa shape index (κ3) is 2.37. The number of aliphatic hydroxyl groups is 1. The van der Waals surface area contributed by atoms with E-state index in [1.807, 2.05) is 13.8 Å². The van der Waals surface area contributed by atoms with Gasteiger partial charge in [-0.1, -0.05) is 18.5 Å². The fourth-order valence-corrected chi connectivity index (χ4v) is 2.42. The average Bonchev–Trinajstić information content (AvgIpc) is 2.61. The molecule has 2 atom stereocenters. The minimum absolute atomic E-state index is 0.0395. The third-order valence-electron chi connectivity index (χ3n) is 3.72. The molecule has 1 aliphatic rings. The van der Waals surface area contributed by atoms with E-state index in [2.05, 4.69) is 5.10 Å². The summed E-state index contributed by atoms with van der Waals surface area (Å²) in [6.45, 7) is 4.81. The molecule has 2 rings (SSSR count). The van der Waals surface area contributed by atoms with E-state index in [1.165, 1.54) is 4.68 Å². The number of carbonyl (C=O) groups excluding carboxylic acids is 1. The fourth-order valence-electron chi connectivity index (χ4n) is 2.16. The maximum absolute atomic E-state index is 12.3. The smallest absolute Gasteiger partial charge is 0.275 e. The number of aromatic nitrogens is 2. The molecule has 1 aromatic rings. The largest absolute Gasteiger partial charge is 0.390 e. The Labute approximate surface area is 111 Å². The van der Waals surface area contributed by atoms with Gasteiger partial charge in [0, 0.05) is 32.3 Å². The van der Waals surface area contributed by atoms with Gasteiger partial charge in [0.25, 0.3) is 5.91 Å². The van der Waals surface area contributed by atoms with Crippen LogP contribution in [-0.4, -0.2) is 44.4 Å². The molecule has 1 fully saturated rings. The number of nitrogens with zero attached hydrogens (tertiary/aromatic N) is 3. The van der Waals surface area contributed by atoms with E-state index >= 15 is 0 Å². The van der Waals surface area contributed by atoms with Crippen molar-refractivity contribution in [3.8, 4) is 0 Å². The first-order valence-electron chi connectivity index (χ1n) is 6.02. The lowest BCUT2D eigenvalue weighted by atomic mass is 9.84. The minimum Gasteiger partial charge on any atom is -0.390 e. The fraction of sp³-hybridized carbons (Fsp3) is 0.667. The van der Waals surface area contributed by atoms with Crippen LogP contribution in [0.5, 0.6) is 0 Å². The zero-order valence-corrected chi connectivity index (χ0v) is 11.6. The molecule has 0 radical (unpaired) electrons. The quantitative estimate of drug-likeness (QED) is 0.838. The molecule has 0 aromatic carbocycles. The van der Waals surface area contributed by atoms with Gasteiger partial charge in [0.2, 0.25) is 0 Å². The van der Waals surface area contributed by atoms with Crippen LogP contribution >= 0.6 is 11.6 Å². The van der Waals surface area contributed by atoms with Crippen molar-refractivity contribution >= 4 is 17.5 Å². The standard InChI is InChI=1S/C12H18ClN3O2/c1-8-6-16(5-4-12(8,2)18)11(17)10-9(13)7-15(3)14-10/h7-8,18H,4-6H2,1-3H3/t8-,12+/m0/s1. The lowest BCUT2D eigenvalue weighted by Gasteiger charge is -2.40. The summed E-state index contributed by atoms with van der Waals surface area (Å²) in [4.78, 5) is 14.0. The summed E-state index contributed by atoms with van der Waals surface area (Å²) in [5.41, 5.74) is -0.419. The number of carbonyl (C=O) groups is 1. The van der Waals surface area contributed by atoms with Gasteiger partial charge in [0.15, 0.2) is 5.69 Å². The van der Waals surface area contributed by atoms with Crippen LogP contribution in [0.25, 0.3) is 0 Å². The summed E-state index contributed by atoms with van der Waals surface area (Å²) in [7, 11) is 1.73. The van der Waals surface area contributed by atoms with E-state index in [1.54, 1.807) is 18.1 Å². The molecular formula is C12H18ClN3O2. The molecule has 1 saturated heterocycles. The molecule has 1 amide bonds. The molecule has 1 aliphatic heterocycles. The summed E-state index contributed by atoms with van der Waals surface area (Å²) in [5, 5.41) is 14.5. The predicted molar refractivity (Wildman–Crippen MR) is 68.5 cm³/mol. The Bertz CT molecular complexity index is 470. The Morgan fingerprint density at radius 2 is 2.33 bits per heavy atom. The molecule has 0 saturated carbocycles. The second-order valence-electron chi connectivity index (χ2n) is 5.26. The number of halogens is 1. The zero-order valence-electron chi connectivity index (χ0n) is 10.9. The van der Waals surface area contributed by atoms with Gasteiger partial charge in [0.1, 0.15) is 0 Å². The number of rotatable bonds is 1. The highest BCUT2D eigenvalue weighted by atomic mass is 35.5. The van der Waals surface area contributed by atoms with Crippen LogP contribution in [0.15, 0.2) is 6.20 Å². The van der Waals surface area contributed by atoms with E-state index in [0.29, 0.717) is 24.5 Å². The molecule has 0 spiro atoms. The number of hydrogen-bond donors (Lipinski definition) is 1. The van der Waals surface area contributed by atoms with E-state index < -0.39 is 5.60 Å². The molecule has 100 valence electrons. The van der Waals surface area contributed by atoms with Crippen LogP contribution in [0.1, 0.15) is 30.8 Å². The predicted octanol–water partition coefficient (Wildman–Crippen LogP) is 1.31. The van der Waals surface area contributed by atoms with Gasteiger partial charge in [-0.15, -0.1) is 0 Å². The highest BCUT2D eigenvalue weighted by Crippen LogP contribution is 2.28. The number of amides is 1. The van der Waals surface area contributed by atoms with Crippen molar-refractivity contribution in [2.75, 3.05) is 13.1 Å². The average molecular weight is 272 g/mol. The number of aryl methyl sites for hydroxylation is 1. The van der Waals surface area contributed by atoms with Gasteiger partial charge in [-0.05, 0) is 13.3 Å². The first-order chi connectivity index (χ1) is 8.31. The van der Waals surface area contributed by atoms with Gasteiger partial charge < -0.3 is 10.0 Å². The number of hydrogen-bond acceptors (Lipinski definition) is 3. The topological polar surface area (TPSA) is 58.4 Å². The van der Waals surface area contributed by atoms with Gasteiger partial charge in [-0.3, -0.25) is 9.48 Å². The number of likely N-dealkylation sites (tertiary alicyclic amines) is 1. The van der Waals surface area contributed by atoms with Crippen molar-refractivity contribution in [3.63, 3.8) is 0 Å². The van der Waals surface area contributed by atoms with Gasteiger partial charge in [-0.2, -0.15) is 5.10 Å². The van der Waals surface area contributed by atoms with Crippen LogP contribution in [0.3, 0.4) is 0 Å². The van der Waals surface area contributed by atoms with Gasteiger partial charge in [0.05, 0.1) is 10.6 Å². The van der Waals surface area contributed by atoms with Crippen LogP contribution in [-0.2, 0) is 7.05 Å². The van der Waals surface area contributed by atoms with E-state index in [-0.39, 0.29) is 17.5 Å². The summed E-state index contributed by atoms with van der Waals surface area (Å²) in [6, 6.07) is 0. The van der Waals surface area contributed by atoms with Crippen molar-refractivity contribution in [2.45, 2.75) is 25.9 Å².